The van der Waals surface area contributed by atoms with Crippen LogP contribution in [0.3, 0.4) is 0 Å². The Bertz CT molecular complexity index is 393. The topological polar surface area (TPSA) is 20.2 Å². The molecule has 1 nitrogen and oxygen atoms in total. The molecule has 1 heteroatoms. The van der Waals surface area contributed by atoms with Gasteiger partial charge in [0.25, 0.3) is 0 Å². The van der Waals surface area contributed by atoms with Gasteiger partial charge in [-0.05, 0) is 47.6 Å². The second kappa shape index (κ2) is 6.76. The maximum Gasteiger partial charge on any atom is 0.0436 e. The first-order valence-corrected chi connectivity index (χ1v) is 8.23. The van der Waals surface area contributed by atoms with Crippen molar-refractivity contribution in [2.24, 2.45) is 5.92 Å². The van der Waals surface area contributed by atoms with Gasteiger partial charge in [-0.3, -0.25) is 0 Å². The summed E-state index contributed by atoms with van der Waals surface area (Å²) in [5.41, 5.74) is 3.04. The van der Waals surface area contributed by atoms with Crippen LogP contribution in [0.1, 0.15) is 76.3 Å². The Kier molecular flexibility index (Phi) is 5.26. The van der Waals surface area contributed by atoms with Gasteiger partial charge in [-0.25, -0.2) is 0 Å². The molecule has 0 spiro atoms. The van der Waals surface area contributed by atoms with E-state index in [9.17, 15) is 5.11 Å². The fourth-order valence-electron chi connectivity index (χ4n) is 3.58. The molecule has 1 aliphatic rings. The number of hydrogen-bond acceptors (Lipinski definition) is 1. The van der Waals surface area contributed by atoms with E-state index in [2.05, 4.69) is 45.0 Å². The predicted molar refractivity (Wildman–Crippen MR) is 86.2 cm³/mol. The van der Waals surface area contributed by atoms with Crippen LogP contribution in [-0.4, -0.2) is 11.7 Å². The monoisotopic (exact) mass is 274 g/mol. The third-order valence-corrected chi connectivity index (χ3v) is 4.86. The average molecular weight is 274 g/mol. The second-order valence-electron chi connectivity index (χ2n) is 7.39. The zero-order chi connectivity index (χ0) is 14.6. The van der Waals surface area contributed by atoms with Crippen LogP contribution in [0.25, 0.3) is 0 Å². The lowest BCUT2D eigenvalue weighted by Gasteiger charge is -2.31. The minimum absolute atomic E-state index is 0.218. The highest BCUT2D eigenvalue weighted by atomic mass is 16.3. The Balaban J connectivity index is 2.16. The van der Waals surface area contributed by atoms with Gasteiger partial charge in [0, 0.05) is 6.61 Å². The quantitative estimate of drug-likeness (QED) is 0.816. The van der Waals surface area contributed by atoms with Crippen molar-refractivity contribution < 1.29 is 5.11 Å². The summed E-state index contributed by atoms with van der Waals surface area (Å²) >= 11 is 0. The summed E-state index contributed by atoms with van der Waals surface area (Å²) < 4.78 is 0. The molecule has 1 aliphatic carbocycles. The molecule has 1 fully saturated rings. The molecule has 0 aliphatic heterocycles. The summed E-state index contributed by atoms with van der Waals surface area (Å²) in [5.74, 6) is 1.32. The van der Waals surface area contributed by atoms with Gasteiger partial charge in [-0.2, -0.15) is 0 Å². The fraction of sp³-hybridized carbons (Fsp3) is 0.684. The third-order valence-electron chi connectivity index (χ3n) is 4.86. The van der Waals surface area contributed by atoms with Crippen molar-refractivity contribution in [2.75, 3.05) is 6.61 Å². The normalized spacial score (nSPS) is 19.0. The first-order chi connectivity index (χ1) is 9.52. The van der Waals surface area contributed by atoms with Crippen molar-refractivity contribution in [3.63, 3.8) is 0 Å². The van der Waals surface area contributed by atoms with Crippen LogP contribution in [0.2, 0.25) is 0 Å². The van der Waals surface area contributed by atoms with Crippen LogP contribution in [-0.2, 0) is 5.41 Å². The summed E-state index contributed by atoms with van der Waals surface area (Å²) in [7, 11) is 0. The number of benzene rings is 1. The van der Waals surface area contributed by atoms with Gasteiger partial charge in [0.1, 0.15) is 0 Å². The van der Waals surface area contributed by atoms with Crippen LogP contribution >= 0.6 is 0 Å². The smallest absolute Gasteiger partial charge is 0.0436 e. The number of rotatable bonds is 4. The summed E-state index contributed by atoms with van der Waals surface area (Å²) in [5, 5.41) is 9.41. The van der Waals surface area contributed by atoms with Crippen LogP contribution < -0.4 is 0 Å². The first kappa shape index (κ1) is 15.6. The van der Waals surface area contributed by atoms with E-state index in [1.54, 1.807) is 0 Å². The van der Waals surface area contributed by atoms with Gasteiger partial charge in [0.05, 0.1) is 0 Å². The SMILES string of the molecule is CC(C)(C)c1ccc(C(CCO)C2CCCCC2)cc1. The van der Waals surface area contributed by atoms with Crippen molar-refractivity contribution in [3.05, 3.63) is 35.4 Å². The minimum atomic E-state index is 0.218. The summed E-state index contributed by atoms with van der Waals surface area (Å²) in [6, 6.07) is 9.16. The molecule has 112 valence electrons. The average Bonchev–Trinajstić information content (AvgIpc) is 2.45. The predicted octanol–water partition coefficient (Wildman–Crippen LogP) is 5.03. The second-order valence-corrected chi connectivity index (χ2v) is 7.39. The highest BCUT2D eigenvalue weighted by Gasteiger charge is 2.25. The number of aliphatic hydroxyl groups excluding tert-OH is 1. The van der Waals surface area contributed by atoms with E-state index in [1.165, 1.54) is 43.2 Å². The molecule has 0 heterocycles. The van der Waals surface area contributed by atoms with Gasteiger partial charge in [0.15, 0.2) is 0 Å². The van der Waals surface area contributed by atoms with Crippen LogP contribution in [0.5, 0.6) is 0 Å². The lowest BCUT2D eigenvalue weighted by atomic mass is 9.75. The third kappa shape index (κ3) is 3.85. The standard InChI is InChI=1S/C19H30O/c1-19(2,3)17-11-9-16(10-12-17)18(13-14-20)15-7-5-4-6-8-15/h9-12,15,18,20H,4-8,13-14H2,1-3H3. The largest absolute Gasteiger partial charge is 0.396 e. The van der Waals surface area contributed by atoms with E-state index >= 15 is 0 Å². The highest BCUT2D eigenvalue weighted by molar-refractivity contribution is 5.30. The Morgan fingerprint density at radius 2 is 1.65 bits per heavy atom. The van der Waals surface area contributed by atoms with Gasteiger partial charge < -0.3 is 5.11 Å². The zero-order valence-corrected chi connectivity index (χ0v) is 13.4. The lowest BCUT2D eigenvalue weighted by Crippen LogP contribution is -2.18. The highest BCUT2D eigenvalue weighted by Crippen LogP contribution is 2.38. The maximum absolute atomic E-state index is 9.41. The van der Waals surface area contributed by atoms with E-state index in [0.29, 0.717) is 12.5 Å². The molecule has 1 atom stereocenters. The van der Waals surface area contributed by atoms with E-state index < -0.39 is 0 Å². The number of aliphatic hydroxyl groups is 1. The molecule has 0 radical (unpaired) electrons. The number of hydrogen-bond donors (Lipinski definition) is 1. The van der Waals surface area contributed by atoms with Crippen LogP contribution in [0.4, 0.5) is 0 Å². The molecule has 0 saturated heterocycles. The van der Waals surface area contributed by atoms with Crippen molar-refractivity contribution in [1.29, 1.82) is 0 Å². The summed E-state index contributed by atoms with van der Waals surface area (Å²) in [6.45, 7) is 7.08. The van der Waals surface area contributed by atoms with Crippen molar-refractivity contribution >= 4 is 0 Å². The molecule has 1 saturated carbocycles. The molecule has 1 N–H and O–H groups in total. The zero-order valence-electron chi connectivity index (χ0n) is 13.4. The fourth-order valence-corrected chi connectivity index (χ4v) is 3.58. The van der Waals surface area contributed by atoms with E-state index in [1.807, 2.05) is 0 Å². The Labute approximate surface area is 124 Å². The van der Waals surface area contributed by atoms with E-state index in [-0.39, 0.29) is 5.41 Å². The summed E-state index contributed by atoms with van der Waals surface area (Å²) in [4.78, 5) is 0. The van der Waals surface area contributed by atoms with Crippen LogP contribution in [0.15, 0.2) is 24.3 Å². The molecule has 0 bridgehead atoms. The van der Waals surface area contributed by atoms with Crippen molar-refractivity contribution in [1.82, 2.24) is 0 Å². The molecule has 1 unspecified atom stereocenters. The van der Waals surface area contributed by atoms with E-state index in [0.717, 1.165) is 12.3 Å². The van der Waals surface area contributed by atoms with Gasteiger partial charge in [-0.15, -0.1) is 0 Å². The van der Waals surface area contributed by atoms with Gasteiger partial charge in [-0.1, -0.05) is 64.3 Å². The molecule has 0 aromatic heterocycles. The van der Waals surface area contributed by atoms with Gasteiger partial charge >= 0.3 is 0 Å². The van der Waals surface area contributed by atoms with Gasteiger partial charge in [0.2, 0.25) is 0 Å². The first-order valence-electron chi connectivity index (χ1n) is 8.23. The Morgan fingerprint density at radius 3 is 2.15 bits per heavy atom. The van der Waals surface area contributed by atoms with Crippen molar-refractivity contribution in [2.45, 2.75) is 70.6 Å². The molecule has 1 aromatic carbocycles. The molecular weight excluding hydrogens is 244 g/mol. The molecule has 1 aromatic rings. The van der Waals surface area contributed by atoms with Crippen molar-refractivity contribution in [3.8, 4) is 0 Å². The lowest BCUT2D eigenvalue weighted by molar-refractivity contribution is 0.229. The molecule has 20 heavy (non-hydrogen) atoms. The van der Waals surface area contributed by atoms with Crippen LogP contribution in [0, 0.1) is 5.92 Å². The van der Waals surface area contributed by atoms with E-state index in [4.69, 9.17) is 0 Å². The Hall–Kier alpha value is -0.820. The molecule has 2 rings (SSSR count). The molecular formula is C19H30O. The minimum Gasteiger partial charge on any atom is -0.396 e. The maximum atomic E-state index is 9.41. The molecule has 0 amide bonds. The summed E-state index contributed by atoms with van der Waals surface area (Å²) in [6.07, 6.45) is 7.72. The Morgan fingerprint density at radius 1 is 1.05 bits per heavy atom.